The van der Waals surface area contributed by atoms with Crippen LogP contribution in [0.25, 0.3) is 5.69 Å². The molecule has 2 heterocycles. The van der Waals surface area contributed by atoms with E-state index in [1.54, 1.807) is 7.05 Å². The van der Waals surface area contributed by atoms with Gasteiger partial charge < -0.3 is 24.4 Å². The molecule has 1 aromatic carbocycles. The fraction of sp³-hybridized carbons (Fsp3) is 0.389. The maximum atomic E-state index is 12.4. The van der Waals surface area contributed by atoms with Gasteiger partial charge >= 0.3 is 0 Å². The van der Waals surface area contributed by atoms with E-state index in [-0.39, 0.29) is 25.5 Å². The number of hydrogen-bond acceptors (Lipinski definition) is 4. The molecule has 6 nitrogen and oxygen atoms in total. The standard InChI is InChI=1S/C18H22N2O4/c1-19(15-11-24-12-16(21)18(15)23)17(22)10-13-4-6-14(7-5-13)20-8-2-3-9-20/h2-9,15-16,18,21,23H,10-12H2,1H3/t15-,16-,18+/m1/s1. The third-order valence-electron chi connectivity index (χ3n) is 4.45. The van der Waals surface area contributed by atoms with E-state index in [0.717, 1.165) is 11.3 Å². The first-order chi connectivity index (χ1) is 11.6. The molecule has 3 rings (SSSR count). The van der Waals surface area contributed by atoms with E-state index in [9.17, 15) is 15.0 Å². The molecule has 3 atom stereocenters. The highest BCUT2D eigenvalue weighted by atomic mass is 16.5. The first kappa shape index (κ1) is 16.7. The van der Waals surface area contributed by atoms with E-state index in [2.05, 4.69) is 0 Å². The normalized spacial score (nSPS) is 23.9. The monoisotopic (exact) mass is 330 g/mol. The van der Waals surface area contributed by atoms with Gasteiger partial charge in [-0.2, -0.15) is 0 Å². The van der Waals surface area contributed by atoms with Gasteiger partial charge in [0.2, 0.25) is 5.91 Å². The van der Waals surface area contributed by atoms with Gasteiger partial charge in [0.1, 0.15) is 12.2 Å². The van der Waals surface area contributed by atoms with Crippen molar-refractivity contribution < 1.29 is 19.7 Å². The Morgan fingerprint density at radius 2 is 1.88 bits per heavy atom. The molecule has 2 N–H and O–H groups in total. The fourth-order valence-corrected chi connectivity index (χ4v) is 2.88. The van der Waals surface area contributed by atoms with Crippen molar-refractivity contribution in [3.63, 3.8) is 0 Å². The predicted octanol–water partition coefficient (Wildman–Crippen LogP) is 0.599. The molecular weight excluding hydrogens is 308 g/mol. The number of aliphatic hydroxyl groups excluding tert-OH is 2. The largest absolute Gasteiger partial charge is 0.388 e. The van der Waals surface area contributed by atoms with Crippen molar-refractivity contribution in [3.8, 4) is 5.69 Å². The number of amides is 1. The number of rotatable bonds is 4. The van der Waals surface area contributed by atoms with E-state index in [4.69, 9.17) is 4.74 Å². The van der Waals surface area contributed by atoms with E-state index >= 15 is 0 Å². The summed E-state index contributed by atoms with van der Waals surface area (Å²) in [6.07, 6.45) is 2.22. The van der Waals surface area contributed by atoms with Crippen LogP contribution in [0.2, 0.25) is 0 Å². The number of carbonyl (C=O) groups excluding carboxylic acids is 1. The van der Waals surface area contributed by atoms with Crippen LogP contribution in [0.15, 0.2) is 48.8 Å². The molecule has 1 aromatic heterocycles. The lowest BCUT2D eigenvalue weighted by Gasteiger charge is -2.37. The molecule has 128 valence electrons. The Bertz CT molecular complexity index is 669. The third kappa shape index (κ3) is 3.51. The lowest BCUT2D eigenvalue weighted by molar-refractivity contribution is -0.152. The highest BCUT2D eigenvalue weighted by Crippen LogP contribution is 2.16. The summed E-state index contributed by atoms with van der Waals surface area (Å²) in [7, 11) is 1.63. The van der Waals surface area contributed by atoms with Crippen LogP contribution in [0, 0.1) is 0 Å². The minimum Gasteiger partial charge on any atom is -0.388 e. The molecule has 24 heavy (non-hydrogen) atoms. The zero-order valence-electron chi connectivity index (χ0n) is 13.6. The third-order valence-corrected chi connectivity index (χ3v) is 4.45. The van der Waals surface area contributed by atoms with Gasteiger partial charge in [-0.05, 0) is 29.8 Å². The number of aliphatic hydroxyl groups is 2. The minimum absolute atomic E-state index is 0.0978. The van der Waals surface area contributed by atoms with Crippen LogP contribution in [0.4, 0.5) is 0 Å². The molecule has 0 aliphatic carbocycles. The number of ether oxygens (including phenoxy) is 1. The van der Waals surface area contributed by atoms with Gasteiger partial charge in [0.05, 0.1) is 25.7 Å². The number of aromatic nitrogens is 1. The zero-order chi connectivity index (χ0) is 17.1. The van der Waals surface area contributed by atoms with Crippen molar-refractivity contribution in [2.24, 2.45) is 0 Å². The second kappa shape index (κ2) is 7.17. The van der Waals surface area contributed by atoms with E-state index in [0.29, 0.717) is 0 Å². The van der Waals surface area contributed by atoms with Crippen molar-refractivity contribution in [2.75, 3.05) is 20.3 Å². The molecule has 1 amide bonds. The lowest BCUT2D eigenvalue weighted by Crippen LogP contribution is -2.56. The molecule has 6 heteroatoms. The maximum absolute atomic E-state index is 12.4. The van der Waals surface area contributed by atoms with Crippen LogP contribution in [0.5, 0.6) is 0 Å². The highest BCUT2D eigenvalue weighted by molar-refractivity contribution is 5.79. The van der Waals surface area contributed by atoms with Crippen molar-refractivity contribution in [2.45, 2.75) is 24.7 Å². The SMILES string of the molecule is CN(C(=O)Cc1ccc(-n2cccc2)cc1)[C@@H]1COC[C@@H](O)[C@H]1O. The highest BCUT2D eigenvalue weighted by Gasteiger charge is 2.35. The molecule has 0 spiro atoms. The van der Waals surface area contributed by atoms with Crippen molar-refractivity contribution in [1.82, 2.24) is 9.47 Å². The molecule has 1 fully saturated rings. The summed E-state index contributed by atoms with van der Waals surface area (Å²) in [6, 6.07) is 11.2. The van der Waals surface area contributed by atoms with Crippen LogP contribution >= 0.6 is 0 Å². The van der Waals surface area contributed by atoms with Crippen LogP contribution in [-0.4, -0.2) is 64.1 Å². The molecule has 0 unspecified atom stereocenters. The van der Waals surface area contributed by atoms with Crippen LogP contribution in [-0.2, 0) is 16.0 Å². The van der Waals surface area contributed by atoms with Crippen molar-refractivity contribution >= 4 is 5.91 Å². The zero-order valence-corrected chi connectivity index (χ0v) is 13.6. The Hall–Kier alpha value is -2.15. The molecule has 0 radical (unpaired) electrons. The van der Waals surface area contributed by atoms with Gasteiger partial charge in [-0.1, -0.05) is 12.1 Å². The average molecular weight is 330 g/mol. The van der Waals surface area contributed by atoms with Gasteiger partial charge in [-0.15, -0.1) is 0 Å². The predicted molar refractivity (Wildman–Crippen MR) is 88.9 cm³/mol. The summed E-state index contributed by atoms with van der Waals surface area (Å²) >= 11 is 0. The first-order valence-electron chi connectivity index (χ1n) is 7.98. The maximum Gasteiger partial charge on any atom is 0.227 e. The van der Waals surface area contributed by atoms with Crippen LogP contribution in [0.3, 0.4) is 0 Å². The summed E-state index contributed by atoms with van der Waals surface area (Å²) in [5.74, 6) is -0.120. The number of benzene rings is 1. The number of hydrogen-bond donors (Lipinski definition) is 2. The lowest BCUT2D eigenvalue weighted by atomic mass is 10.0. The summed E-state index contributed by atoms with van der Waals surface area (Å²) in [5.41, 5.74) is 1.93. The Labute approximate surface area is 140 Å². The second-order valence-electron chi connectivity index (χ2n) is 6.10. The molecule has 0 bridgehead atoms. The van der Waals surface area contributed by atoms with E-state index < -0.39 is 18.2 Å². The average Bonchev–Trinajstić information content (AvgIpc) is 3.12. The van der Waals surface area contributed by atoms with Crippen molar-refractivity contribution in [3.05, 3.63) is 54.4 Å². The smallest absolute Gasteiger partial charge is 0.227 e. The topological polar surface area (TPSA) is 74.9 Å². The minimum atomic E-state index is -0.983. The molecule has 0 saturated carbocycles. The van der Waals surface area contributed by atoms with Gasteiger partial charge in [-0.3, -0.25) is 4.79 Å². The quantitative estimate of drug-likeness (QED) is 0.861. The molecule has 1 aliphatic rings. The molecular formula is C18H22N2O4. The summed E-state index contributed by atoms with van der Waals surface area (Å²) in [6.45, 7) is 0.327. The summed E-state index contributed by atoms with van der Waals surface area (Å²) in [5, 5.41) is 19.7. The molecule has 1 aliphatic heterocycles. The Morgan fingerprint density at radius 3 is 2.54 bits per heavy atom. The first-order valence-corrected chi connectivity index (χ1v) is 7.98. The van der Waals surface area contributed by atoms with Gasteiger partial charge in [0.25, 0.3) is 0 Å². The number of carbonyl (C=O) groups is 1. The van der Waals surface area contributed by atoms with Gasteiger partial charge in [-0.25, -0.2) is 0 Å². The number of nitrogens with zero attached hydrogens (tertiary/aromatic N) is 2. The Kier molecular flexibility index (Phi) is 4.99. The molecule has 1 saturated heterocycles. The van der Waals surface area contributed by atoms with Gasteiger partial charge in [0, 0.05) is 25.1 Å². The molecule has 2 aromatic rings. The fourth-order valence-electron chi connectivity index (χ4n) is 2.88. The number of likely N-dealkylation sites (N-methyl/N-ethyl adjacent to an activating group) is 1. The van der Waals surface area contributed by atoms with Crippen molar-refractivity contribution in [1.29, 1.82) is 0 Å². The van der Waals surface area contributed by atoms with Crippen LogP contribution < -0.4 is 0 Å². The van der Waals surface area contributed by atoms with E-state index in [1.165, 1.54) is 4.90 Å². The van der Waals surface area contributed by atoms with Gasteiger partial charge in [0.15, 0.2) is 0 Å². The summed E-state index contributed by atoms with van der Waals surface area (Å²) < 4.78 is 7.23. The Morgan fingerprint density at radius 1 is 1.21 bits per heavy atom. The van der Waals surface area contributed by atoms with Crippen LogP contribution in [0.1, 0.15) is 5.56 Å². The summed E-state index contributed by atoms with van der Waals surface area (Å²) in [4.78, 5) is 13.9. The second-order valence-corrected chi connectivity index (χ2v) is 6.10. The Balaban J connectivity index is 1.63. The van der Waals surface area contributed by atoms with E-state index in [1.807, 2.05) is 53.4 Å².